The fraction of sp³-hybridized carbons (Fsp3) is 0.359. The standard InChI is InChI=1S/C39H43N5O5/c1-26-27(2)43(25-35(26)37(45)40(3)32-11-5-4-6-12-32)36-21-29-13-14-42(39(47)48)22-31(29)20-34(36)38(46)44-23-30-10-8-7-9-28(30)19-33(44)24-41-15-17-49-18-16-41/h4-12,20-21,25,33H,13-19,22-24H2,1-3H3,(H,47,48)/t33-/m0/s1. The van der Waals surface area contributed by atoms with E-state index in [0.717, 1.165) is 59.7 Å². The third-order valence-corrected chi connectivity index (χ3v) is 10.5. The Balaban J connectivity index is 1.32. The first-order valence-corrected chi connectivity index (χ1v) is 17.0. The van der Waals surface area contributed by atoms with Crippen LogP contribution in [-0.2, 0) is 30.7 Å². The fourth-order valence-electron chi connectivity index (χ4n) is 7.47. The molecule has 4 aromatic rings. The van der Waals surface area contributed by atoms with Crippen molar-refractivity contribution >= 4 is 23.6 Å². The number of hydrogen-bond acceptors (Lipinski definition) is 5. The number of amides is 3. The van der Waals surface area contributed by atoms with Crippen LogP contribution in [0.3, 0.4) is 0 Å². The number of ether oxygens (including phenoxy) is 1. The number of fused-ring (bicyclic) bond motifs is 2. The predicted molar refractivity (Wildman–Crippen MR) is 188 cm³/mol. The maximum Gasteiger partial charge on any atom is 0.407 e. The van der Waals surface area contributed by atoms with Crippen LogP contribution in [0.2, 0.25) is 0 Å². The second kappa shape index (κ2) is 13.5. The Bertz CT molecular complexity index is 1900. The van der Waals surface area contributed by atoms with Gasteiger partial charge in [0.1, 0.15) is 0 Å². The van der Waals surface area contributed by atoms with Gasteiger partial charge in [-0.2, -0.15) is 0 Å². The molecule has 0 saturated carbocycles. The summed E-state index contributed by atoms with van der Waals surface area (Å²) in [5.74, 6) is -0.232. The van der Waals surface area contributed by atoms with Crippen LogP contribution in [0.5, 0.6) is 0 Å². The van der Waals surface area contributed by atoms with E-state index in [1.807, 2.05) is 78.0 Å². The molecule has 254 valence electrons. The topological polar surface area (TPSA) is 98.6 Å². The van der Waals surface area contributed by atoms with Gasteiger partial charge in [0.15, 0.2) is 0 Å². The molecule has 3 aliphatic heterocycles. The van der Waals surface area contributed by atoms with Gasteiger partial charge in [-0.25, -0.2) is 4.79 Å². The van der Waals surface area contributed by atoms with Gasteiger partial charge in [-0.05, 0) is 78.8 Å². The molecule has 1 atom stereocenters. The van der Waals surface area contributed by atoms with Crippen molar-refractivity contribution < 1.29 is 24.2 Å². The number of carbonyl (C=O) groups is 3. The first-order chi connectivity index (χ1) is 23.7. The van der Waals surface area contributed by atoms with E-state index in [4.69, 9.17) is 4.74 Å². The van der Waals surface area contributed by atoms with Crippen LogP contribution in [0.4, 0.5) is 10.5 Å². The normalized spacial score (nSPS) is 17.7. The number of para-hydroxylation sites is 1. The molecular formula is C39H43N5O5. The lowest BCUT2D eigenvalue weighted by Gasteiger charge is -2.41. The molecule has 1 aromatic heterocycles. The highest BCUT2D eigenvalue weighted by atomic mass is 16.5. The van der Waals surface area contributed by atoms with E-state index in [1.165, 1.54) is 10.5 Å². The Hall–Kier alpha value is -4.93. The van der Waals surface area contributed by atoms with Crippen molar-refractivity contribution in [1.29, 1.82) is 0 Å². The molecule has 0 aliphatic carbocycles. The monoisotopic (exact) mass is 661 g/mol. The summed E-state index contributed by atoms with van der Waals surface area (Å²) in [5.41, 5.74) is 8.53. The lowest BCUT2D eigenvalue weighted by molar-refractivity contribution is 0.0193. The Morgan fingerprint density at radius 1 is 0.857 bits per heavy atom. The van der Waals surface area contributed by atoms with Crippen LogP contribution in [0.25, 0.3) is 5.69 Å². The molecular weight excluding hydrogens is 618 g/mol. The number of morpholine rings is 1. The van der Waals surface area contributed by atoms with E-state index >= 15 is 4.79 Å². The summed E-state index contributed by atoms with van der Waals surface area (Å²) >= 11 is 0. The minimum atomic E-state index is -0.969. The molecule has 0 spiro atoms. The van der Waals surface area contributed by atoms with Gasteiger partial charge in [-0.3, -0.25) is 14.5 Å². The molecule has 1 N–H and O–H groups in total. The smallest absolute Gasteiger partial charge is 0.407 e. The highest BCUT2D eigenvalue weighted by molar-refractivity contribution is 6.07. The van der Waals surface area contributed by atoms with Gasteiger partial charge in [0.2, 0.25) is 0 Å². The number of benzene rings is 3. The number of anilines is 1. The summed E-state index contributed by atoms with van der Waals surface area (Å²) < 4.78 is 7.59. The van der Waals surface area contributed by atoms with Crippen molar-refractivity contribution in [3.05, 3.63) is 118 Å². The van der Waals surface area contributed by atoms with E-state index in [2.05, 4.69) is 23.1 Å². The molecule has 10 nitrogen and oxygen atoms in total. The molecule has 0 unspecified atom stereocenters. The summed E-state index contributed by atoms with van der Waals surface area (Å²) in [5, 5.41) is 9.81. The maximum atomic E-state index is 15.1. The molecule has 49 heavy (non-hydrogen) atoms. The number of carbonyl (C=O) groups excluding carboxylic acids is 2. The zero-order chi connectivity index (χ0) is 34.2. The first kappa shape index (κ1) is 32.6. The van der Waals surface area contributed by atoms with Crippen LogP contribution < -0.4 is 4.90 Å². The van der Waals surface area contributed by atoms with Crippen molar-refractivity contribution in [3.63, 3.8) is 0 Å². The van der Waals surface area contributed by atoms with E-state index in [-0.39, 0.29) is 24.4 Å². The first-order valence-electron chi connectivity index (χ1n) is 17.0. The summed E-state index contributed by atoms with van der Waals surface area (Å²) in [6, 6.07) is 21.8. The fourth-order valence-corrected chi connectivity index (χ4v) is 7.47. The molecule has 7 rings (SSSR count). The highest BCUT2D eigenvalue weighted by Crippen LogP contribution is 2.33. The second-order valence-electron chi connectivity index (χ2n) is 13.4. The number of aromatic nitrogens is 1. The average molecular weight is 662 g/mol. The third kappa shape index (κ3) is 6.34. The predicted octanol–water partition coefficient (Wildman–Crippen LogP) is 5.31. The van der Waals surface area contributed by atoms with E-state index in [9.17, 15) is 14.7 Å². The minimum Gasteiger partial charge on any atom is -0.465 e. The largest absolute Gasteiger partial charge is 0.465 e. The maximum absolute atomic E-state index is 15.1. The lowest BCUT2D eigenvalue weighted by Crippen LogP contribution is -2.52. The van der Waals surface area contributed by atoms with Gasteiger partial charge in [0, 0.05) is 69.9 Å². The van der Waals surface area contributed by atoms with Gasteiger partial charge < -0.3 is 29.1 Å². The van der Waals surface area contributed by atoms with Crippen LogP contribution in [0.1, 0.15) is 54.2 Å². The van der Waals surface area contributed by atoms with Gasteiger partial charge in [0.25, 0.3) is 11.8 Å². The van der Waals surface area contributed by atoms with E-state index in [1.54, 1.807) is 11.9 Å². The van der Waals surface area contributed by atoms with Crippen molar-refractivity contribution in [2.24, 2.45) is 0 Å². The molecule has 3 aliphatic rings. The van der Waals surface area contributed by atoms with Gasteiger partial charge in [-0.15, -0.1) is 0 Å². The number of rotatable bonds is 6. The Morgan fingerprint density at radius 2 is 1.57 bits per heavy atom. The average Bonchev–Trinajstić information content (AvgIpc) is 3.43. The van der Waals surface area contributed by atoms with Crippen LogP contribution in [-0.4, -0.2) is 94.8 Å². The van der Waals surface area contributed by atoms with Crippen molar-refractivity contribution in [1.82, 2.24) is 19.3 Å². The number of hydrogen-bond donors (Lipinski definition) is 1. The lowest BCUT2D eigenvalue weighted by atomic mass is 9.91. The molecule has 0 radical (unpaired) electrons. The highest BCUT2D eigenvalue weighted by Gasteiger charge is 2.35. The van der Waals surface area contributed by atoms with Crippen molar-refractivity contribution in [2.75, 3.05) is 51.3 Å². The summed E-state index contributed by atoms with van der Waals surface area (Å²) in [6.07, 6.45) is 2.18. The third-order valence-electron chi connectivity index (χ3n) is 10.5. The van der Waals surface area contributed by atoms with Crippen molar-refractivity contribution in [3.8, 4) is 5.69 Å². The van der Waals surface area contributed by atoms with Gasteiger partial charge >= 0.3 is 6.09 Å². The second-order valence-corrected chi connectivity index (χ2v) is 13.4. The molecule has 10 heteroatoms. The van der Waals surface area contributed by atoms with Crippen molar-refractivity contribution in [2.45, 2.75) is 45.8 Å². The molecule has 1 saturated heterocycles. The molecule has 4 heterocycles. The number of carboxylic acid groups (broad SMARTS) is 1. The Morgan fingerprint density at radius 3 is 2.31 bits per heavy atom. The van der Waals surface area contributed by atoms with Gasteiger partial charge in [0.05, 0.1) is 30.0 Å². The summed E-state index contributed by atoms with van der Waals surface area (Å²) in [4.78, 5) is 48.3. The van der Waals surface area contributed by atoms with Crippen LogP contribution >= 0.6 is 0 Å². The molecule has 3 amide bonds. The molecule has 0 bridgehead atoms. The number of nitrogens with zero attached hydrogens (tertiary/aromatic N) is 5. The SMILES string of the molecule is Cc1c(C(=O)N(C)c2ccccc2)cn(-c2cc3c(cc2C(=O)N2Cc4ccccc4C[C@H]2CN2CCOCC2)CN(C(=O)O)CC3)c1C. The zero-order valence-electron chi connectivity index (χ0n) is 28.4. The zero-order valence-corrected chi connectivity index (χ0v) is 28.4. The van der Waals surface area contributed by atoms with E-state index in [0.29, 0.717) is 49.5 Å². The quantitative estimate of drug-likeness (QED) is 0.301. The molecule has 3 aromatic carbocycles. The Kier molecular flexibility index (Phi) is 9.00. The Labute approximate surface area is 287 Å². The van der Waals surface area contributed by atoms with E-state index < -0.39 is 6.09 Å². The van der Waals surface area contributed by atoms with Crippen LogP contribution in [0.15, 0.2) is 72.9 Å². The van der Waals surface area contributed by atoms with Gasteiger partial charge in [-0.1, -0.05) is 42.5 Å². The summed E-state index contributed by atoms with van der Waals surface area (Å²) in [6.45, 7) is 8.76. The molecule has 1 fully saturated rings. The van der Waals surface area contributed by atoms with Crippen LogP contribution in [0, 0.1) is 13.8 Å². The summed E-state index contributed by atoms with van der Waals surface area (Å²) in [7, 11) is 1.77. The minimum absolute atomic E-state index is 0.0518.